The highest BCUT2D eigenvalue weighted by atomic mass is 79.9. The topological polar surface area (TPSA) is 0 Å². The van der Waals surface area contributed by atoms with E-state index in [2.05, 4.69) is 15.9 Å². The van der Waals surface area contributed by atoms with Gasteiger partial charge >= 0.3 is 6.18 Å². The van der Waals surface area contributed by atoms with Crippen LogP contribution in [0.2, 0.25) is 5.02 Å². The first-order valence-corrected chi connectivity index (χ1v) is 6.47. The summed E-state index contributed by atoms with van der Waals surface area (Å²) < 4.78 is 36.4. The first-order valence-electron chi connectivity index (χ1n) is 5.18. The molecule has 1 rings (SSSR count). The van der Waals surface area contributed by atoms with Crippen molar-refractivity contribution in [3.05, 3.63) is 33.8 Å². The standard InChI is InChI=1S/C12H13BrClF3/c1-7-5-9(11(14)6-8(7)2)10(13)3-4-12(15,16)17/h5-6,10H,3-4H2,1-2H3. The van der Waals surface area contributed by atoms with Gasteiger partial charge in [-0.15, -0.1) is 0 Å². The van der Waals surface area contributed by atoms with Crippen LogP contribution in [0.5, 0.6) is 0 Å². The minimum absolute atomic E-state index is 0.00821. The monoisotopic (exact) mass is 328 g/mol. The molecule has 0 aromatic heterocycles. The maximum absolute atomic E-state index is 12.1. The van der Waals surface area contributed by atoms with Crippen LogP contribution >= 0.6 is 27.5 Å². The second-order valence-electron chi connectivity index (χ2n) is 4.08. The van der Waals surface area contributed by atoms with Crippen LogP contribution in [0.15, 0.2) is 12.1 Å². The number of benzene rings is 1. The number of aryl methyl sites for hydroxylation is 2. The van der Waals surface area contributed by atoms with Gasteiger partial charge in [-0.1, -0.05) is 33.6 Å². The average Bonchev–Trinajstić information content (AvgIpc) is 2.19. The molecule has 0 fully saturated rings. The summed E-state index contributed by atoms with van der Waals surface area (Å²) in [6.07, 6.45) is -4.95. The van der Waals surface area contributed by atoms with E-state index in [-0.39, 0.29) is 11.2 Å². The first-order chi connectivity index (χ1) is 7.70. The van der Waals surface area contributed by atoms with Crippen molar-refractivity contribution in [2.75, 3.05) is 0 Å². The predicted molar refractivity (Wildman–Crippen MR) is 67.9 cm³/mol. The van der Waals surface area contributed by atoms with Gasteiger partial charge in [0.05, 0.1) is 0 Å². The van der Waals surface area contributed by atoms with Crippen LogP contribution in [0.3, 0.4) is 0 Å². The Morgan fingerprint density at radius 3 is 2.29 bits per heavy atom. The van der Waals surface area contributed by atoms with Crippen molar-refractivity contribution in [2.45, 2.75) is 37.7 Å². The second-order valence-corrected chi connectivity index (χ2v) is 5.59. The Labute approximate surface area is 112 Å². The zero-order valence-corrected chi connectivity index (χ0v) is 11.9. The van der Waals surface area contributed by atoms with Crippen LogP contribution in [0.4, 0.5) is 13.2 Å². The van der Waals surface area contributed by atoms with Crippen molar-refractivity contribution in [3.8, 4) is 0 Å². The van der Waals surface area contributed by atoms with Crippen LogP contribution < -0.4 is 0 Å². The van der Waals surface area contributed by atoms with Crippen molar-refractivity contribution in [1.29, 1.82) is 0 Å². The van der Waals surface area contributed by atoms with Gasteiger partial charge in [-0.25, -0.2) is 0 Å². The summed E-state index contributed by atoms with van der Waals surface area (Å²) in [7, 11) is 0. The third-order valence-electron chi connectivity index (χ3n) is 2.63. The Bertz CT molecular complexity index is 401. The number of hydrogen-bond acceptors (Lipinski definition) is 0. The average molecular weight is 330 g/mol. The zero-order valence-electron chi connectivity index (χ0n) is 9.54. The highest BCUT2D eigenvalue weighted by Gasteiger charge is 2.28. The molecule has 1 atom stereocenters. The van der Waals surface area contributed by atoms with Crippen molar-refractivity contribution in [1.82, 2.24) is 0 Å². The molecule has 0 nitrogen and oxygen atoms in total. The summed E-state index contributed by atoms with van der Waals surface area (Å²) in [6, 6.07) is 3.63. The summed E-state index contributed by atoms with van der Waals surface area (Å²) in [5.41, 5.74) is 2.79. The lowest BCUT2D eigenvalue weighted by Gasteiger charge is -2.15. The molecular weight excluding hydrogens is 316 g/mol. The van der Waals surface area contributed by atoms with E-state index in [4.69, 9.17) is 11.6 Å². The molecule has 0 amide bonds. The quantitative estimate of drug-likeness (QED) is 0.621. The lowest BCUT2D eigenvalue weighted by molar-refractivity contribution is -0.135. The molecule has 0 radical (unpaired) electrons. The maximum atomic E-state index is 12.1. The van der Waals surface area contributed by atoms with E-state index < -0.39 is 12.6 Å². The summed E-state index contributed by atoms with van der Waals surface area (Å²) in [6.45, 7) is 3.84. The summed E-state index contributed by atoms with van der Waals surface area (Å²) in [4.78, 5) is -0.365. The minimum Gasteiger partial charge on any atom is -0.171 e. The Hall–Kier alpha value is -0.220. The second kappa shape index (κ2) is 5.61. The molecule has 0 saturated heterocycles. The number of alkyl halides is 4. The van der Waals surface area contributed by atoms with Crippen molar-refractivity contribution >= 4 is 27.5 Å². The minimum atomic E-state index is -4.13. The molecule has 96 valence electrons. The molecule has 1 aromatic carbocycles. The summed E-state index contributed by atoms with van der Waals surface area (Å²) >= 11 is 9.30. The van der Waals surface area contributed by atoms with Crippen molar-refractivity contribution in [2.24, 2.45) is 0 Å². The van der Waals surface area contributed by atoms with E-state index in [1.165, 1.54) is 0 Å². The van der Waals surface area contributed by atoms with Crippen LogP contribution in [0.25, 0.3) is 0 Å². The van der Waals surface area contributed by atoms with Gasteiger partial charge in [-0.3, -0.25) is 0 Å². The first kappa shape index (κ1) is 14.8. The number of hydrogen-bond donors (Lipinski definition) is 0. The molecule has 1 aromatic rings. The number of rotatable bonds is 3. The predicted octanol–water partition coefficient (Wildman–Crippen LogP) is 5.74. The Morgan fingerprint density at radius 1 is 1.24 bits per heavy atom. The Balaban J connectivity index is 2.82. The Kier molecular flexibility index (Phi) is 4.90. The van der Waals surface area contributed by atoms with Gasteiger partial charge in [-0.05, 0) is 43.0 Å². The van der Waals surface area contributed by atoms with Gasteiger partial charge < -0.3 is 0 Å². The molecule has 0 heterocycles. The molecule has 0 N–H and O–H groups in total. The normalized spacial score (nSPS) is 13.8. The maximum Gasteiger partial charge on any atom is 0.389 e. The molecular formula is C12H13BrClF3. The molecule has 0 aliphatic rings. The highest BCUT2D eigenvalue weighted by Crippen LogP contribution is 2.37. The van der Waals surface area contributed by atoms with Gasteiger partial charge in [0.2, 0.25) is 0 Å². The largest absolute Gasteiger partial charge is 0.389 e. The number of halogens is 5. The van der Waals surface area contributed by atoms with E-state index >= 15 is 0 Å². The van der Waals surface area contributed by atoms with Gasteiger partial charge in [-0.2, -0.15) is 13.2 Å². The van der Waals surface area contributed by atoms with Crippen LogP contribution in [-0.2, 0) is 0 Å². The highest BCUT2D eigenvalue weighted by molar-refractivity contribution is 9.09. The molecule has 0 aliphatic heterocycles. The van der Waals surface area contributed by atoms with Crippen LogP contribution in [-0.4, -0.2) is 6.18 Å². The van der Waals surface area contributed by atoms with Gasteiger partial charge in [0.15, 0.2) is 0 Å². The van der Waals surface area contributed by atoms with Crippen LogP contribution in [0.1, 0.15) is 34.4 Å². The van der Waals surface area contributed by atoms with Gasteiger partial charge in [0, 0.05) is 16.3 Å². The molecule has 0 bridgehead atoms. The third kappa shape index (κ3) is 4.51. The molecule has 1 unspecified atom stereocenters. The molecule has 0 saturated carbocycles. The van der Waals surface area contributed by atoms with Crippen molar-refractivity contribution < 1.29 is 13.2 Å². The fourth-order valence-electron chi connectivity index (χ4n) is 1.49. The van der Waals surface area contributed by atoms with Crippen molar-refractivity contribution in [3.63, 3.8) is 0 Å². The zero-order chi connectivity index (χ0) is 13.2. The van der Waals surface area contributed by atoms with E-state index in [1.807, 2.05) is 19.9 Å². The smallest absolute Gasteiger partial charge is 0.171 e. The van der Waals surface area contributed by atoms with Crippen LogP contribution in [0, 0.1) is 13.8 Å². The van der Waals surface area contributed by atoms with E-state index in [1.54, 1.807) is 6.07 Å². The third-order valence-corrected chi connectivity index (χ3v) is 3.91. The fourth-order valence-corrected chi connectivity index (χ4v) is 2.58. The molecule has 17 heavy (non-hydrogen) atoms. The van der Waals surface area contributed by atoms with Gasteiger partial charge in [0.1, 0.15) is 0 Å². The fraction of sp³-hybridized carbons (Fsp3) is 0.500. The Morgan fingerprint density at radius 2 is 1.76 bits per heavy atom. The molecule has 5 heteroatoms. The molecule has 0 aliphatic carbocycles. The van der Waals surface area contributed by atoms with Gasteiger partial charge in [0.25, 0.3) is 0 Å². The summed E-state index contributed by atoms with van der Waals surface area (Å²) in [5.74, 6) is 0. The molecule has 0 spiro atoms. The summed E-state index contributed by atoms with van der Waals surface area (Å²) in [5, 5.41) is 0.511. The lowest BCUT2D eigenvalue weighted by atomic mass is 10.0. The SMILES string of the molecule is Cc1cc(Cl)c(C(Br)CCC(F)(F)F)cc1C. The van der Waals surface area contributed by atoms with E-state index in [9.17, 15) is 13.2 Å². The van der Waals surface area contributed by atoms with E-state index in [0.29, 0.717) is 5.02 Å². The van der Waals surface area contributed by atoms with E-state index in [0.717, 1.165) is 16.7 Å². The lowest BCUT2D eigenvalue weighted by Crippen LogP contribution is -2.08.